The van der Waals surface area contributed by atoms with E-state index in [4.69, 9.17) is 9.84 Å². The molecule has 0 saturated heterocycles. The molecule has 0 aliphatic heterocycles. The first-order valence-corrected chi connectivity index (χ1v) is 8.06. The quantitative estimate of drug-likeness (QED) is 0.540. The Balaban J connectivity index is 4.97. The molecule has 0 saturated carbocycles. The maximum absolute atomic E-state index is 12.5. The molecule has 0 aliphatic rings. The van der Waals surface area contributed by atoms with Crippen LogP contribution in [0.5, 0.6) is 0 Å². The number of carbonyl (C=O) groups excluding carboxylic acids is 1. The highest BCUT2D eigenvalue weighted by Crippen LogP contribution is 2.12. The van der Waals surface area contributed by atoms with Gasteiger partial charge in [-0.05, 0) is 20.3 Å². The maximum Gasteiger partial charge on any atom is 0.252 e. The lowest BCUT2D eigenvalue weighted by Gasteiger charge is -2.28. The molecule has 0 aromatic rings. The molecule has 0 aromatic carbocycles. The summed E-state index contributed by atoms with van der Waals surface area (Å²) in [6.07, 6.45) is 5.28. The number of unbranched alkanes of at least 4 members (excludes halogenated alkanes) is 1. The second-order valence-electron chi connectivity index (χ2n) is 5.08. The Morgan fingerprint density at radius 2 is 1.91 bits per heavy atom. The van der Waals surface area contributed by atoms with E-state index in [1.54, 1.807) is 4.90 Å². The Morgan fingerprint density at radius 1 is 1.27 bits per heavy atom. The number of amides is 1. The van der Waals surface area contributed by atoms with Crippen molar-refractivity contribution < 1.29 is 19.7 Å². The van der Waals surface area contributed by atoms with Crippen LogP contribution in [0.15, 0.2) is 24.8 Å². The van der Waals surface area contributed by atoms with Crippen molar-refractivity contribution in [2.75, 3.05) is 19.7 Å². The van der Waals surface area contributed by atoms with E-state index in [1.807, 2.05) is 26.0 Å². The van der Waals surface area contributed by atoms with Gasteiger partial charge in [0.2, 0.25) is 0 Å². The van der Waals surface area contributed by atoms with E-state index in [2.05, 4.69) is 13.5 Å². The summed E-state index contributed by atoms with van der Waals surface area (Å²) in [5, 5.41) is 18.8. The third-order valence-corrected chi connectivity index (χ3v) is 3.44. The van der Waals surface area contributed by atoms with Gasteiger partial charge in [-0.2, -0.15) is 0 Å². The molecule has 2 N–H and O–H groups in total. The first kappa shape index (κ1) is 20.8. The van der Waals surface area contributed by atoms with Crippen LogP contribution in [0.25, 0.3) is 0 Å². The van der Waals surface area contributed by atoms with Crippen LogP contribution in [-0.4, -0.2) is 59.0 Å². The van der Waals surface area contributed by atoms with Crippen LogP contribution < -0.4 is 0 Å². The summed E-state index contributed by atoms with van der Waals surface area (Å²) in [6.45, 7) is 10.3. The summed E-state index contributed by atoms with van der Waals surface area (Å²) in [7, 11) is 0. The van der Waals surface area contributed by atoms with Crippen LogP contribution in [-0.2, 0) is 9.53 Å². The number of nitrogens with zero attached hydrogens (tertiary/aromatic N) is 1. The van der Waals surface area contributed by atoms with Crippen molar-refractivity contribution >= 4 is 5.91 Å². The zero-order valence-corrected chi connectivity index (χ0v) is 14.1. The molecule has 0 rings (SSSR count). The third kappa shape index (κ3) is 7.20. The average Bonchev–Trinajstić information content (AvgIpc) is 2.54. The van der Waals surface area contributed by atoms with Gasteiger partial charge in [0.1, 0.15) is 18.3 Å². The number of aliphatic hydroxyl groups is 2. The fraction of sp³-hybridized carbons (Fsp3) is 0.706. The van der Waals surface area contributed by atoms with Crippen molar-refractivity contribution in [3.05, 3.63) is 24.8 Å². The summed E-state index contributed by atoms with van der Waals surface area (Å²) in [4.78, 5) is 14.2. The molecule has 0 bridgehead atoms. The predicted molar refractivity (Wildman–Crippen MR) is 88.5 cm³/mol. The number of aliphatic hydroxyl groups excluding tert-OH is 2. The molecular weight excluding hydrogens is 282 g/mol. The van der Waals surface area contributed by atoms with Gasteiger partial charge < -0.3 is 19.8 Å². The van der Waals surface area contributed by atoms with Crippen LogP contribution in [0.1, 0.15) is 40.0 Å². The Hall–Kier alpha value is -1.17. The Bertz CT molecular complexity index is 340. The molecule has 1 amide bonds. The van der Waals surface area contributed by atoms with Gasteiger partial charge in [0, 0.05) is 19.5 Å². The average molecular weight is 313 g/mol. The maximum atomic E-state index is 12.5. The van der Waals surface area contributed by atoms with Crippen LogP contribution in [0.4, 0.5) is 0 Å². The predicted octanol–water partition coefficient (Wildman–Crippen LogP) is 1.89. The van der Waals surface area contributed by atoms with Gasteiger partial charge in [0.15, 0.2) is 0 Å². The summed E-state index contributed by atoms with van der Waals surface area (Å²) in [6, 6.07) is 0. The number of rotatable bonds is 12. The van der Waals surface area contributed by atoms with E-state index in [0.717, 1.165) is 12.8 Å². The highest BCUT2D eigenvalue weighted by molar-refractivity contribution is 5.81. The van der Waals surface area contributed by atoms with E-state index >= 15 is 0 Å². The first-order valence-electron chi connectivity index (χ1n) is 8.06. The third-order valence-electron chi connectivity index (χ3n) is 3.44. The molecule has 0 heterocycles. The van der Waals surface area contributed by atoms with Crippen molar-refractivity contribution in [1.82, 2.24) is 4.90 Å². The van der Waals surface area contributed by atoms with Crippen LogP contribution in [0.3, 0.4) is 0 Å². The summed E-state index contributed by atoms with van der Waals surface area (Å²) in [5.74, 6) is -0.108. The van der Waals surface area contributed by atoms with Gasteiger partial charge in [0.05, 0.1) is 6.61 Å². The zero-order valence-electron chi connectivity index (χ0n) is 14.1. The van der Waals surface area contributed by atoms with Gasteiger partial charge in [-0.3, -0.25) is 4.79 Å². The first-order chi connectivity index (χ1) is 10.5. The number of ether oxygens (including phenoxy) is 1. The molecule has 0 radical (unpaired) electrons. The summed E-state index contributed by atoms with van der Waals surface area (Å²) < 4.78 is 5.71. The number of carbonyl (C=O) groups is 1. The van der Waals surface area contributed by atoms with Gasteiger partial charge in [-0.25, -0.2) is 0 Å². The fourth-order valence-electron chi connectivity index (χ4n) is 2.05. The molecule has 5 heteroatoms. The minimum absolute atomic E-state index is 0.108. The Morgan fingerprint density at radius 3 is 2.36 bits per heavy atom. The lowest BCUT2D eigenvalue weighted by Crippen LogP contribution is -2.44. The molecule has 128 valence electrons. The van der Waals surface area contributed by atoms with Crippen molar-refractivity contribution in [2.24, 2.45) is 0 Å². The van der Waals surface area contributed by atoms with Crippen LogP contribution in [0.2, 0.25) is 0 Å². The van der Waals surface area contributed by atoms with E-state index in [0.29, 0.717) is 19.5 Å². The van der Waals surface area contributed by atoms with Gasteiger partial charge >= 0.3 is 0 Å². The number of likely N-dealkylation sites (N-methyl/N-ethyl adjacent to an activating group) is 1. The Labute approximate surface area is 134 Å². The number of hydrogen-bond donors (Lipinski definition) is 2. The number of hydrogen-bond acceptors (Lipinski definition) is 4. The number of allylic oxidation sites excluding steroid dienone is 1. The van der Waals surface area contributed by atoms with Crippen molar-refractivity contribution in [3.8, 4) is 0 Å². The largest absolute Gasteiger partial charge is 0.394 e. The van der Waals surface area contributed by atoms with Crippen molar-refractivity contribution in [1.29, 1.82) is 0 Å². The SMILES string of the molecule is C=C[C@@H](O[C@@H](C/C=C/CCC)C(=O)N(CC)CC)[C@H](O)CO. The molecule has 0 aromatic heterocycles. The molecule has 0 unspecified atom stereocenters. The zero-order chi connectivity index (χ0) is 17.0. The molecule has 22 heavy (non-hydrogen) atoms. The van der Waals surface area contributed by atoms with Gasteiger partial charge in [0.25, 0.3) is 5.91 Å². The van der Waals surface area contributed by atoms with Crippen LogP contribution >= 0.6 is 0 Å². The smallest absolute Gasteiger partial charge is 0.252 e. The minimum Gasteiger partial charge on any atom is -0.394 e. The Kier molecular flexibility index (Phi) is 11.7. The lowest BCUT2D eigenvalue weighted by atomic mass is 10.1. The van der Waals surface area contributed by atoms with Crippen LogP contribution in [0, 0.1) is 0 Å². The second kappa shape index (κ2) is 12.4. The van der Waals surface area contributed by atoms with Crippen molar-refractivity contribution in [3.63, 3.8) is 0 Å². The molecule has 0 fully saturated rings. The van der Waals surface area contributed by atoms with E-state index < -0.39 is 24.9 Å². The van der Waals surface area contributed by atoms with Gasteiger partial charge in [-0.1, -0.05) is 31.6 Å². The van der Waals surface area contributed by atoms with E-state index in [9.17, 15) is 9.90 Å². The molecule has 0 aliphatic carbocycles. The normalized spacial score (nSPS) is 15.5. The molecule has 3 atom stereocenters. The summed E-state index contributed by atoms with van der Waals surface area (Å²) in [5.41, 5.74) is 0. The lowest BCUT2D eigenvalue weighted by molar-refractivity contribution is -0.150. The summed E-state index contributed by atoms with van der Waals surface area (Å²) >= 11 is 0. The highest BCUT2D eigenvalue weighted by Gasteiger charge is 2.27. The van der Waals surface area contributed by atoms with E-state index in [1.165, 1.54) is 6.08 Å². The molecular formula is C17H31NO4. The fourth-order valence-corrected chi connectivity index (χ4v) is 2.05. The standard InChI is InChI=1S/C17H31NO4/c1-5-9-10-11-12-16(17(21)18(7-3)8-4)22-15(6-2)14(20)13-19/h6,10-11,14-16,19-20H,2,5,7-9,12-13H2,1,3-4H3/b11-10+/t14-,15-,16+/m1/s1. The highest BCUT2D eigenvalue weighted by atomic mass is 16.5. The van der Waals surface area contributed by atoms with E-state index in [-0.39, 0.29) is 5.91 Å². The van der Waals surface area contributed by atoms with Gasteiger partial charge in [-0.15, -0.1) is 6.58 Å². The molecule has 0 spiro atoms. The monoisotopic (exact) mass is 313 g/mol. The van der Waals surface area contributed by atoms with Crippen molar-refractivity contribution in [2.45, 2.75) is 58.3 Å². The topological polar surface area (TPSA) is 70.0 Å². The minimum atomic E-state index is -1.08. The molecule has 5 nitrogen and oxygen atoms in total. The second-order valence-corrected chi connectivity index (χ2v) is 5.08.